The van der Waals surface area contributed by atoms with Gasteiger partial charge in [0.15, 0.2) is 0 Å². The molecule has 0 aliphatic heterocycles. The van der Waals surface area contributed by atoms with Crippen molar-refractivity contribution < 1.29 is 4.79 Å². The molecule has 98 valence electrons. The Labute approximate surface area is 108 Å². The van der Waals surface area contributed by atoms with Crippen molar-refractivity contribution in [3.05, 3.63) is 24.0 Å². The molecule has 4 heteroatoms. The minimum absolute atomic E-state index is 0.0193. The normalized spacial score (nSPS) is 17.2. The molecule has 1 aromatic heterocycles. The molecule has 18 heavy (non-hydrogen) atoms. The Balaban J connectivity index is 2.07. The number of nitrogen functional groups attached to an aromatic ring is 1. The van der Waals surface area contributed by atoms with E-state index in [4.69, 9.17) is 5.73 Å². The van der Waals surface area contributed by atoms with Crippen LogP contribution in [-0.4, -0.2) is 28.9 Å². The summed E-state index contributed by atoms with van der Waals surface area (Å²) in [7, 11) is 1.88. The topological polar surface area (TPSA) is 59.2 Å². The molecular weight excluding hydrogens is 226 g/mol. The van der Waals surface area contributed by atoms with Crippen LogP contribution in [0, 0.1) is 0 Å². The predicted octanol–water partition coefficient (Wildman–Crippen LogP) is 2.46. The second kappa shape index (κ2) is 5.85. The quantitative estimate of drug-likeness (QED) is 0.817. The van der Waals surface area contributed by atoms with Crippen LogP contribution in [0.3, 0.4) is 0 Å². The molecule has 1 fully saturated rings. The largest absolute Gasteiger partial charge is 0.399 e. The van der Waals surface area contributed by atoms with Crippen molar-refractivity contribution in [1.82, 2.24) is 9.88 Å². The van der Waals surface area contributed by atoms with Crippen LogP contribution < -0.4 is 5.73 Å². The molecule has 0 spiro atoms. The van der Waals surface area contributed by atoms with Crippen molar-refractivity contribution in [2.75, 3.05) is 12.8 Å². The van der Waals surface area contributed by atoms with E-state index in [1.807, 2.05) is 11.9 Å². The zero-order valence-electron chi connectivity index (χ0n) is 10.9. The van der Waals surface area contributed by atoms with Gasteiger partial charge in [0.2, 0.25) is 0 Å². The molecule has 1 amide bonds. The maximum atomic E-state index is 12.3. The first-order valence-electron chi connectivity index (χ1n) is 6.67. The summed E-state index contributed by atoms with van der Waals surface area (Å²) in [5.41, 5.74) is 6.72. The summed E-state index contributed by atoms with van der Waals surface area (Å²) in [6.45, 7) is 0. The molecule has 0 saturated heterocycles. The van der Waals surface area contributed by atoms with E-state index in [0.29, 0.717) is 17.4 Å². The number of anilines is 1. The molecule has 1 aliphatic rings. The summed E-state index contributed by atoms with van der Waals surface area (Å²) >= 11 is 0. The Hall–Kier alpha value is -1.58. The van der Waals surface area contributed by atoms with E-state index < -0.39 is 0 Å². The molecule has 2 rings (SSSR count). The van der Waals surface area contributed by atoms with Crippen molar-refractivity contribution in [3.63, 3.8) is 0 Å². The first-order chi connectivity index (χ1) is 8.68. The smallest absolute Gasteiger partial charge is 0.272 e. The zero-order valence-corrected chi connectivity index (χ0v) is 10.9. The van der Waals surface area contributed by atoms with E-state index in [-0.39, 0.29) is 5.91 Å². The van der Waals surface area contributed by atoms with Crippen molar-refractivity contribution >= 4 is 11.6 Å². The summed E-state index contributed by atoms with van der Waals surface area (Å²) in [4.78, 5) is 18.3. The van der Waals surface area contributed by atoms with Gasteiger partial charge in [0.1, 0.15) is 5.69 Å². The summed E-state index contributed by atoms with van der Waals surface area (Å²) in [5.74, 6) is -0.0193. The third-order valence-electron chi connectivity index (χ3n) is 3.70. The summed E-state index contributed by atoms with van der Waals surface area (Å²) < 4.78 is 0. The second-order valence-corrected chi connectivity index (χ2v) is 5.04. The van der Waals surface area contributed by atoms with Gasteiger partial charge in [-0.25, -0.2) is 0 Å². The van der Waals surface area contributed by atoms with Crippen LogP contribution in [0.2, 0.25) is 0 Å². The highest BCUT2D eigenvalue weighted by Gasteiger charge is 2.22. The highest BCUT2D eigenvalue weighted by molar-refractivity contribution is 5.93. The Morgan fingerprint density at radius 1 is 1.33 bits per heavy atom. The van der Waals surface area contributed by atoms with Gasteiger partial charge in [0, 0.05) is 25.0 Å². The number of amides is 1. The van der Waals surface area contributed by atoms with E-state index in [0.717, 1.165) is 12.8 Å². The molecule has 2 N–H and O–H groups in total. The minimum Gasteiger partial charge on any atom is -0.399 e. The fourth-order valence-corrected chi connectivity index (χ4v) is 2.56. The lowest BCUT2D eigenvalue weighted by Crippen LogP contribution is -2.37. The summed E-state index contributed by atoms with van der Waals surface area (Å²) in [6.07, 6.45) is 8.79. The van der Waals surface area contributed by atoms with Gasteiger partial charge in [-0.15, -0.1) is 0 Å². The van der Waals surface area contributed by atoms with Crippen LogP contribution in [0.15, 0.2) is 18.3 Å². The van der Waals surface area contributed by atoms with E-state index in [1.54, 1.807) is 18.3 Å². The van der Waals surface area contributed by atoms with E-state index in [2.05, 4.69) is 4.98 Å². The zero-order chi connectivity index (χ0) is 13.0. The number of carbonyl (C=O) groups excluding carboxylic acids is 1. The van der Waals surface area contributed by atoms with Crippen LogP contribution in [0.1, 0.15) is 49.0 Å². The number of aromatic nitrogens is 1. The van der Waals surface area contributed by atoms with Gasteiger partial charge in [0.05, 0.1) is 0 Å². The fourth-order valence-electron chi connectivity index (χ4n) is 2.56. The number of rotatable bonds is 2. The average molecular weight is 247 g/mol. The number of nitrogens with two attached hydrogens (primary N) is 1. The molecule has 1 heterocycles. The predicted molar refractivity (Wildman–Crippen MR) is 72.2 cm³/mol. The molecule has 0 unspecified atom stereocenters. The molecule has 0 bridgehead atoms. The molecule has 4 nitrogen and oxygen atoms in total. The Morgan fingerprint density at radius 2 is 2.00 bits per heavy atom. The fraction of sp³-hybridized carbons (Fsp3) is 0.571. The van der Waals surface area contributed by atoms with Gasteiger partial charge >= 0.3 is 0 Å². The number of hydrogen-bond acceptors (Lipinski definition) is 3. The minimum atomic E-state index is -0.0193. The molecule has 1 saturated carbocycles. The third kappa shape index (κ3) is 3.00. The maximum absolute atomic E-state index is 12.3. The lowest BCUT2D eigenvalue weighted by molar-refractivity contribution is 0.0712. The molecular formula is C14H21N3O. The third-order valence-corrected chi connectivity index (χ3v) is 3.70. The highest BCUT2D eigenvalue weighted by Crippen LogP contribution is 2.22. The van der Waals surface area contributed by atoms with Gasteiger partial charge in [-0.05, 0) is 25.0 Å². The summed E-state index contributed by atoms with van der Waals surface area (Å²) in [6, 6.07) is 3.70. The first-order valence-corrected chi connectivity index (χ1v) is 6.67. The van der Waals surface area contributed by atoms with Gasteiger partial charge in [-0.3, -0.25) is 9.78 Å². The van der Waals surface area contributed by atoms with Gasteiger partial charge in [-0.2, -0.15) is 0 Å². The Kier molecular flexibility index (Phi) is 4.18. The van der Waals surface area contributed by atoms with Crippen LogP contribution >= 0.6 is 0 Å². The number of pyridine rings is 1. The Bertz CT molecular complexity index is 411. The van der Waals surface area contributed by atoms with Gasteiger partial charge in [-0.1, -0.05) is 25.7 Å². The van der Waals surface area contributed by atoms with Crippen LogP contribution in [0.4, 0.5) is 5.69 Å². The van der Waals surface area contributed by atoms with Crippen molar-refractivity contribution in [2.45, 2.75) is 44.6 Å². The van der Waals surface area contributed by atoms with Crippen molar-refractivity contribution in [1.29, 1.82) is 0 Å². The highest BCUT2D eigenvalue weighted by atomic mass is 16.2. The lowest BCUT2D eigenvalue weighted by Gasteiger charge is -2.26. The van der Waals surface area contributed by atoms with Crippen LogP contribution in [0.5, 0.6) is 0 Å². The molecule has 0 atom stereocenters. The van der Waals surface area contributed by atoms with Crippen molar-refractivity contribution in [2.24, 2.45) is 0 Å². The van der Waals surface area contributed by atoms with E-state index in [9.17, 15) is 4.79 Å². The second-order valence-electron chi connectivity index (χ2n) is 5.04. The SMILES string of the molecule is CN(C(=O)c1cc(N)ccn1)C1CCCCCC1. The van der Waals surface area contributed by atoms with Crippen LogP contribution in [0.25, 0.3) is 0 Å². The van der Waals surface area contributed by atoms with Gasteiger partial charge < -0.3 is 10.6 Å². The van der Waals surface area contributed by atoms with Gasteiger partial charge in [0.25, 0.3) is 5.91 Å². The first kappa shape index (κ1) is 12.9. The average Bonchev–Trinajstić information content (AvgIpc) is 2.66. The monoisotopic (exact) mass is 247 g/mol. The Morgan fingerprint density at radius 3 is 2.61 bits per heavy atom. The molecule has 1 aromatic rings. The number of carbonyl (C=O) groups is 1. The number of nitrogens with zero attached hydrogens (tertiary/aromatic N) is 2. The standard InChI is InChI=1S/C14H21N3O/c1-17(12-6-4-2-3-5-7-12)14(18)13-10-11(15)8-9-16-13/h8-10,12H,2-7H2,1H3,(H2,15,16). The lowest BCUT2D eigenvalue weighted by atomic mass is 10.1. The van der Waals surface area contributed by atoms with Crippen LogP contribution in [-0.2, 0) is 0 Å². The summed E-state index contributed by atoms with van der Waals surface area (Å²) in [5, 5.41) is 0. The van der Waals surface area contributed by atoms with E-state index in [1.165, 1.54) is 25.7 Å². The molecule has 0 radical (unpaired) electrons. The molecule has 0 aromatic carbocycles. The number of hydrogen-bond donors (Lipinski definition) is 1. The van der Waals surface area contributed by atoms with Crippen molar-refractivity contribution in [3.8, 4) is 0 Å². The molecule has 1 aliphatic carbocycles. The maximum Gasteiger partial charge on any atom is 0.272 e. The van der Waals surface area contributed by atoms with E-state index >= 15 is 0 Å².